The minimum atomic E-state index is -0.995. The van der Waals surface area contributed by atoms with Crippen molar-refractivity contribution in [3.8, 4) is 0 Å². The molecule has 3 N–H and O–H groups in total. The summed E-state index contributed by atoms with van der Waals surface area (Å²) >= 11 is 7.00. The number of hydrogen-bond acceptors (Lipinski definition) is 5. The van der Waals surface area contributed by atoms with Crippen LogP contribution in [0, 0.1) is 11.7 Å². The fourth-order valence-electron chi connectivity index (χ4n) is 3.77. The molecule has 1 aromatic heterocycles. The molecule has 1 aliphatic heterocycles. The van der Waals surface area contributed by atoms with Crippen molar-refractivity contribution in [1.29, 1.82) is 0 Å². The van der Waals surface area contributed by atoms with Crippen molar-refractivity contribution in [2.24, 2.45) is 16.6 Å². The molecule has 5 nitrogen and oxygen atoms in total. The third-order valence-corrected chi connectivity index (χ3v) is 6.80. The average Bonchev–Trinajstić information content (AvgIpc) is 3.39. The highest BCUT2D eigenvalue weighted by molar-refractivity contribution is 8.15. The van der Waals surface area contributed by atoms with Crippen LogP contribution in [-0.2, 0) is 5.54 Å². The largest absolute Gasteiger partial charge is 0.378 e. The van der Waals surface area contributed by atoms with Gasteiger partial charge >= 0.3 is 0 Å². The van der Waals surface area contributed by atoms with Gasteiger partial charge in [-0.15, -0.1) is 0 Å². The molecule has 1 aromatic carbocycles. The van der Waals surface area contributed by atoms with Gasteiger partial charge in [0.15, 0.2) is 5.17 Å². The maximum atomic E-state index is 14.7. The summed E-state index contributed by atoms with van der Waals surface area (Å²) < 4.78 is 27.7. The second-order valence-corrected chi connectivity index (χ2v) is 9.04. The number of thioether (sulfide) groups is 1. The van der Waals surface area contributed by atoms with Gasteiger partial charge < -0.3 is 11.1 Å². The molecule has 9 heteroatoms. The highest BCUT2D eigenvalue weighted by atomic mass is 35.5. The van der Waals surface area contributed by atoms with Gasteiger partial charge in [-0.3, -0.25) is 9.79 Å². The molecule has 2 aromatic rings. The van der Waals surface area contributed by atoms with Crippen LogP contribution in [0.1, 0.15) is 29.4 Å². The third-order valence-electron chi connectivity index (χ3n) is 5.31. The Bertz CT molecular complexity index is 986. The van der Waals surface area contributed by atoms with E-state index in [1.807, 2.05) is 0 Å². The van der Waals surface area contributed by atoms with Crippen molar-refractivity contribution < 1.29 is 13.6 Å². The summed E-state index contributed by atoms with van der Waals surface area (Å²) in [5, 5.41) is 3.35. The number of pyridine rings is 1. The lowest BCUT2D eigenvalue weighted by Gasteiger charge is -2.33. The lowest BCUT2D eigenvalue weighted by molar-refractivity contribution is 0.102. The summed E-state index contributed by atoms with van der Waals surface area (Å²) in [6, 6.07) is 7.29. The number of nitrogens with zero attached hydrogens (tertiary/aromatic N) is 2. The number of amides is 1. The van der Waals surface area contributed by atoms with Crippen LogP contribution in [0.4, 0.5) is 14.5 Å². The molecule has 1 amide bonds. The number of alkyl halides is 1. The molecule has 1 saturated carbocycles. The highest BCUT2D eigenvalue weighted by Gasteiger charge is 2.66. The maximum Gasteiger partial charge on any atom is 0.274 e. The van der Waals surface area contributed by atoms with Crippen molar-refractivity contribution in [2.75, 3.05) is 12.0 Å². The number of carbonyl (C=O) groups excluding carboxylic acids is 1. The Kier molecular flexibility index (Phi) is 4.58. The van der Waals surface area contributed by atoms with Crippen LogP contribution in [0.2, 0.25) is 5.02 Å². The van der Waals surface area contributed by atoms with E-state index < -0.39 is 28.7 Å². The number of rotatable bonds is 4. The predicted molar refractivity (Wildman–Crippen MR) is 107 cm³/mol. The molecule has 0 unspecified atom stereocenters. The summed E-state index contributed by atoms with van der Waals surface area (Å²) in [6.07, 6.45) is 1.94. The fraction of sp³-hybridized carbons (Fsp3) is 0.316. The molecular formula is C19H17ClF2N4OS. The van der Waals surface area contributed by atoms with E-state index in [-0.39, 0.29) is 22.3 Å². The SMILES string of the molecule is C[C@]1(c2cc(NC(=O)c3ccc(Cl)cn3)ccc2F)N=C(N)S[C@@]2(CF)C[C@H]21. The van der Waals surface area contributed by atoms with Gasteiger partial charge in [-0.05, 0) is 43.7 Å². The predicted octanol–water partition coefficient (Wildman–Crippen LogP) is 4.13. The third kappa shape index (κ3) is 3.14. The molecule has 0 radical (unpaired) electrons. The molecule has 146 valence electrons. The Morgan fingerprint density at radius 3 is 2.89 bits per heavy atom. The van der Waals surface area contributed by atoms with E-state index in [1.165, 1.54) is 42.2 Å². The first-order valence-corrected chi connectivity index (χ1v) is 9.80. The Hall–Kier alpha value is -2.19. The van der Waals surface area contributed by atoms with Gasteiger partial charge in [0.1, 0.15) is 18.2 Å². The number of amidine groups is 1. The molecule has 28 heavy (non-hydrogen) atoms. The van der Waals surface area contributed by atoms with E-state index in [1.54, 1.807) is 13.0 Å². The van der Waals surface area contributed by atoms with E-state index in [0.717, 1.165) is 0 Å². The van der Waals surface area contributed by atoms with Gasteiger partial charge in [-0.25, -0.2) is 13.8 Å². The number of anilines is 1. The second-order valence-electron chi connectivity index (χ2n) is 7.17. The van der Waals surface area contributed by atoms with Crippen LogP contribution in [0.3, 0.4) is 0 Å². The Morgan fingerprint density at radius 2 is 2.21 bits per heavy atom. The van der Waals surface area contributed by atoms with E-state index in [9.17, 15) is 13.6 Å². The topological polar surface area (TPSA) is 80.4 Å². The molecule has 2 heterocycles. The number of benzene rings is 1. The van der Waals surface area contributed by atoms with E-state index in [2.05, 4.69) is 15.3 Å². The summed E-state index contributed by atoms with van der Waals surface area (Å²) in [4.78, 5) is 20.8. The smallest absolute Gasteiger partial charge is 0.274 e. The number of carbonyl (C=O) groups is 1. The second kappa shape index (κ2) is 6.70. The lowest BCUT2D eigenvalue weighted by Crippen LogP contribution is -2.36. The minimum Gasteiger partial charge on any atom is -0.378 e. The highest BCUT2D eigenvalue weighted by Crippen LogP contribution is 2.66. The van der Waals surface area contributed by atoms with Gasteiger partial charge in [0.2, 0.25) is 0 Å². The number of hydrogen-bond donors (Lipinski definition) is 2. The molecule has 4 rings (SSSR count). The van der Waals surface area contributed by atoms with Gasteiger partial charge in [-0.1, -0.05) is 23.4 Å². The van der Waals surface area contributed by atoms with Gasteiger partial charge in [0.05, 0.1) is 15.3 Å². The van der Waals surface area contributed by atoms with Crippen molar-refractivity contribution in [1.82, 2.24) is 4.98 Å². The lowest BCUT2D eigenvalue weighted by atomic mass is 9.85. The van der Waals surface area contributed by atoms with Gasteiger partial charge in [0.25, 0.3) is 5.91 Å². The summed E-state index contributed by atoms with van der Waals surface area (Å²) in [5.41, 5.74) is 5.76. The van der Waals surface area contributed by atoms with E-state index in [0.29, 0.717) is 17.1 Å². The number of halogens is 3. The summed E-state index contributed by atoms with van der Waals surface area (Å²) in [5.74, 6) is -1.10. The summed E-state index contributed by atoms with van der Waals surface area (Å²) in [7, 11) is 0. The van der Waals surface area contributed by atoms with E-state index >= 15 is 0 Å². The molecule has 0 bridgehead atoms. The Balaban J connectivity index is 1.65. The first-order valence-electron chi connectivity index (χ1n) is 8.61. The number of nitrogens with one attached hydrogen (secondary N) is 1. The number of aromatic nitrogens is 1. The maximum absolute atomic E-state index is 14.7. The van der Waals surface area contributed by atoms with Crippen molar-refractivity contribution in [3.05, 3.63) is 58.6 Å². The monoisotopic (exact) mass is 422 g/mol. The first-order chi connectivity index (χ1) is 13.3. The van der Waals surface area contributed by atoms with Gasteiger partial charge in [0, 0.05) is 23.4 Å². The van der Waals surface area contributed by atoms with Crippen molar-refractivity contribution in [3.63, 3.8) is 0 Å². The number of fused-ring (bicyclic) bond motifs is 1. The average molecular weight is 423 g/mol. The molecule has 0 saturated heterocycles. The zero-order valence-electron chi connectivity index (χ0n) is 14.9. The standard InChI is InChI=1S/C19H17ClF2N4OS/c1-18(15-7-19(15,9-21)28-17(23)26-18)12-6-11(3-4-13(12)22)25-16(27)14-5-2-10(20)8-24-14/h2-6,8,15H,7,9H2,1H3,(H2,23,26)(H,25,27)/t15-,18+,19+/m0/s1. The fourth-order valence-corrected chi connectivity index (χ4v) is 5.21. The first kappa shape index (κ1) is 19.1. The quantitative estimate of drug-likeness (QED) is 0.776. The van der Waals surface area contributed by atoms with Crippen molar-refractivity contribution in [2.45, 2.75) is 23.6 Å². The summed E-state index contributed by atoms with van der Waals surface area (Å²) in [6.45, 7) is 1.21. The van der Waals surface area contributed by atoms with Crippen LogP contribution in [-0.4, -0.2) is 27.5 Å². The molecular weight excluding hydrogens is 406 g/mol. The van der Waals surface area contributed by atoms with Gasteiger partial charge in [-0.2, -0.15) is 0 Å². The van der Waals surface area contributed by atoms with Crippen LogP contribution < -0.4 is 11.1 Å². The Morgan fingerprint density at radius 1 is 1.43 bits per heavy atom. The van der Waals surface area contributed by atoms with Crippen molar-refractivity contribution >= 4 is 40.1 Å². The molecule has 2 aliphatic rings. The zero-order valence-corrected chi connectivity index (χ0v) is 16.5. The molecule has 0 spiro atoms. The zero-order chi connectivity index (χ0) is 20.1. The van der Waals surface area contributed by atoms with Crippen LogP contribution >= 0.6 is 23.4 Å². The van der Waals surface area contributed by atoms with Crippen LogP contribution in [0.5, 0.6) is 0 Å². The van der Waals surface area contributed by atoms with E-state index in [4.69, 9.17) is 17.3 Å². The number of aliphatic imine (C=N–C) groups is 1. The Labute approximate surface area is 169 Å². The van der Waals surface area contributed by atoms with Crippen LogP contribution in [0.25, 0.3) is 0 Å². The normalized spacial score (nSPS) is 28.3. The number of nitrogens with two attached hydrogens (primary N) is 1. The minimum absolute atomic E-state index is 0.166. The van der Waals surface area contributed by atoms with Crippen LogP contribution in [0.15, 0.2) is 41.5 Å². The molecule has 1 fully saturated rings. The molecule has 3 atom stereocenters. The molecule has 1 aliphatic carbocycles.